The molecule has 0 radical (unpaired) electrons. The van der Waals surface area contributed by atoms with Gasteiger partial charge in [0.25, 0.3) is 0 Å². The van der Waals surface area contributed by atoms with Gasteiger partial charge in [-0.15, -0.1) is 0 Å². The fourth-order valence-electron chi connectivity index (χ4n) is 15.8. The van der Waals surface area contributed by atoms with Crippen LogP contribution >= 0.6 is 0 Å². The molecule has 0 saturated heterocycles. The molecule has 0 aliphatic heterocycles. The van der Waals surface area contributed by atoms with Gasteiger partial charge in [-0.3, -0.25) is 0 Å². The average Bonchev–Trinajstić information content (AvgIpc) is 3.22. The lowest BCUT2D eigenvalue weighted by Gasteiger charge is -2.50. The highest BCUT2D eigenvalue weighted by Crippen LogP contribution is 2.66. The molecule has 1 nitrogen and oxygen atoms in total. The minimum Gasteiger partial charge on any atom is -0.310 e. The first-order chi connectivity index (χ1) is 39.0. The monoisotopic (exact) mass is 1010 g/mol. The Kier molecular flexibility index (Phi) is 9.92. The van der Waals surface area contributed by atoms with Gasteiger partial charge in [-0.1, -0.05) is 263 Å². The molecule has 1 spiro atoms. The number of allylic oxidation sites excluding steroid dienone is 4. The van der Waals surface area contributed by atoms with Crippen LogP contribution in [0.4, 0.5) is 17.1 Å². The van der Waals surface area contributed by atoms with E-state index in [-0.39, 0.29) is 5.41 Å². The van der Waals surface area contributed by atoms with Crippen LogP contribution in [-0.2, 0) is 21.7 Å². The number of hydrogen-bond donors (Lipinski definition) is 0. The maximum absolute atomic E-state index is 2.59. The molecule has 0 saturated carbocycles. The molecule has 11 aromatic carbocycles. The van der Waals surface area contributed by atoms with Crippen molar-refractivity contribution in [3.05, 3.63) is 369 Å². The van der Waals surface area contributed by atoms with Gasteiger partial charge in [0, 0.05) is 22.5 Å². The number of hydrogen-bond acceptors (Lipinski definition) is 1. The Morgan fingerprint density at radius 1 is 0.291 bits per heavy atom. The van der Waals surface area contributed by atoms with E-state index in [1.807, 2.05) is 0 Å². The van der Waals surface area contributed by atoms with Crippen LogP contribution in [0.3, 0.4) is 0 Å². The summed E-state index contributed by atoms with van der Waals surface area (Å²) in [5, 5.41) is 0. The molecule has 0 bridgehead atoms. The van der Waals surface area contributed by atoms with Gasteiger partial charge in [-0.05, 0) is 161 Å². The van der Waals surface area contributed by atoms with Crippen LogP contribution in [0.25, 0.3) is 27.8 Å². The van der Waals surface area contributed by atoms with Crippen molar-refractivity contribution in [2.24, 2.45) is 0 Å². The normalized spacial score (nSPS) is 16.4. The summed E-state index contributed by atoms with van der Waals surface area (Å²) in [4.78, 5) is 2.59. The van der Waals surface area contributed by atoms with Crippen molar-refractivity contribution in [3.8, 4) is 22.3 Å². The second-order valence-electron chi connectivity index (χ2n) is 22.9. The predicted molar refractivity (Wildman–Crippen MR) is 326 cm³/mol. The second-order valence-corrected chi connectivity index (χ2v) is 22.9. The third-order valence-electron chi connectivity index (χ3n) is 19.0. The Bertz CT molecular complexity index is 4200. The molecule has 0 fully saturated rings. The summed E-state index contributed by atoms with van der Waals surface area (Å²) in [6.45, 7) is 4.80. The zero-order valence-corrected chi connectivity index (χ0v) is 44.5. The van der Waals surface area contributed by atoms with Gasteiger partial charge in [0.05, 0.1) is 16.2 Å². The summed E-state index contributed by atoms with van der Waals surface area (Å²) >= 11 is 0. The zero-order valence-electron chi connectivity index (χ0n) is 44.5. The van der Waals surface area contributed by atoms with Gasteiger partial charge in [0.15, 0.2) is 0 Å². The molecule has 0 amide bonds. The van der Waals surface area contributed by atoms with Crippen LogP contribution in [0, 0.1) is 0 Å². The lowest BCUT2D eigenvalue weighted by Crippen LogP contribution is -2.44. The van der Waals surface area contributed by atoms with Crippen LogP contribution in [-0.4, -0.2) is 0 Å². The Morgan fingerprint density at radius 2 is 0.646 bits per heavy atom. The van der Waals surface area contributed by atoms with Crippen molar-refractivity contribution in [3.63, 3.8) is 0 Å². The minimum absolute atomic E-state index is 0.195. The van der Waals surface area contributed by atoms with Crippen LogP contribution in [0.1, 0.15) is 105 Å². The Morgan fingerprint density at radius 3 is 1.15 bits per heavy atom. The summed E-state index contributed by atoms with van der Waals surface area (Å²) < 4.78 is 0. The van der Waals surface area contributed by atoms with Crippen LogP contribution in [0.2, 0.25) is 0 Å². The van der Waals surface area contributed by atoms with Crippen molar-refractivity contribution >= 4 is 22.6 Å². The Labute approximate surface area is 464 Å². The van der Waals surface area contributed by atoms with Gasteiger partial charge in [-0.25, -0.2) is 0 Å². The summed E-state index contributed by atoms with van der Waals surface area (Å²) in [7, 11) is 0. The van der Waals surface area contributed by atoms with E-state index in [1.54, 1.807) is 0 Å². The van der Waals surface area contributed by atoms with Crippen molar-refractivity contribution < 1.29 is 0 Å². The van der Waals surface area contributed by atoms with E-state index < -0.39 is 16.2 Å². The average molecular weight is 1010 g/mol. The maximum atomic E-state index is 2.59. The molecular weight excluding hydrogens is 951 g/mol. The first-order valence-corrected chi connectivity index (χ1v) is 28.2. The van der Waals surface area contributed by atoms with Crippen LogP contribution < -0.4 is 4.90 Å². The molecule has 374 valence electrons. The maximum Gasteiger partial charge on any atom is 0.0720 e. The molecule has 0 atom stereocenters. The largest absolute Gasteiger partial charge is 0.310 e. The highest BCUT2D eigenvalue weighted by Gasteiger charge is 2.57. The van der Waals surface area contributed by atoms with Crippen LogP contribution in [0.5, 0.6) is 0 Å². The predicted octanol–water partition coefficient (Wildman–Crippen LogP) is 19.0. The molecule has 0 aromatic heterocycles. The molecule has 16 rings (SSSR count). The smallest absolute Gasteiger partial charge is 0.0720 e. The van der Waals surface area contributed by atoms with Crippen molar-refractivity contribution in [2.75, 3.05) is 4.90 Å². The number of benzene rings is 11. The molecule has 0 heterocycles. The van der Waals surface area contributed by atoms with Gasteiger partial charge >= 0.3 is 0 Å². The van der Waals surface area contributed by atoms with Crippen LogP contribution in [0.15, 0.2) is 291 Å². The van der Waals surface area contributed by atoms with Gasteiger partial charge in [0.2, 0.25) is 0 Å². The number of rotatable bonds is 7. The van der Waals surface area contributed by atoms with E-state index in [0.717, 1.165) is 29.9 Å². The van der Waals surface area contributed by atoms with Gasteiger partial charge in [-0.2, -0.15) is 0 Å². The fraction of sp³-hybridized carbons (Fsp3) is 0.103. The first-order valence-electron chi connectivity index (χ1n) is 28.2. The SMILES string of the molecule is CC1(C)c2ccccc2-c2ccc(N(c3ccc4c(c3)C(c3ccccc3)(c3ccccc3)C3=C4CCC=C3)c3ccc4c(c3)C3(c5ccccc5-4)c4ccccc4C(c4ccccc4)(c4ccccc4)c4ccccc43)cc21. The topological polar surface area (TPSA) is 3.24 Å². The Balaban J connectivity index is 0.986. The highest BCUT2D eigenvalue weighted by molar-refractivity contribution is 5.95. The summed E-state index contributed by atoms with van der Waals surface area (Å²) in [6.07, 6.45) is 6.88. The molecule has 5 aliphatic carbocycles. The highest BCUT2D eigenvalue weighted by atomic mass is 15.1. The molecular formula is C78H57N. The van der Waals surface area contributed by atoms with Crippen molar-refractivity contribution in [1.82, 2.24) is 0 Å². The van der Waals surface area contributed by atoms with E-state index in [0.29, 0.717) is 0 Å². The standard InChI is InChI=1S/C78H57N/c1-75(2)65-36-18-15-33-59(65)62-46-43-56(49-72(62)75)79(57-44-47-63-60-34-16-19-37-66(60)76(73(63)50-57,52-25-7-3-8-26-52)53-27-9-4-10-28-53)58-45-48-64-61-35-17-20-38-67(61)78(74(64)51-58)70-41-23-21-39-68(70)77(54-29-11-5-12-30-54,55-31-13-6-14-32-55)69-40-22-24-42-71(69)78/h3-15,17-33,35-51H,16,34H2,1-2H3. The van der Waals surface area contributed by atoms with Crippen molar-refractivity contribution in [2.45, 2.75) is 48.3 Å². The number of anilines is 3. The van der Waals surface area contributed by atoms with Gasteiger partial charge < -0.3 is 4.90 Å². The number of fused-ring (bicyclic) bond motifs is 14. The molecule has 11 aromatic rings. The number of nitrogens with zero attached hydrogens (tertiary/aromatic N) is 1. The minimum atomic E-state index is -0.654. The van der Waals surface area contributed by atoms with Gasteiger partial charge in [0.1, 0.15) is 0 Å². The third-order valence-corrected chi connectivity index (χ3v) is 19.0. The first kappa shape index (κ1) is 45.9. The third kappa shape index (κ3) is 6.05. The lowest BCUT2D eigenvalue weighted by atomic mass is 9.51. The molecule has 0 unspecified atom stereocenters. The molecule has 79 heavy (non-hydrogen) atoms. The van der Waals surface area contributed by atoms with E-state index in [1.165, 1.54) is 111 Å². The Hall–Kier alpha value is -9.30. The van der Waals surface area contributed by atoms with E-state index in [4.69, 9.17) is 0 Å². The summed E-state index contributed by atoms with van der Waals surface area (Å²) in [5.41, 5.74) is 27.8. The van der Waals surface area contributed by atoms with E-state index in [2.05, 4.69) is 304 Å². The lowest BCUT2D eigenvalue weighted by molar-refractivity contribution is 0.623. The molecule has 1 heteroatoms. The van der Waals surface area contributed by atoms with E-state index >= 15 is 0 Å². The molecule has 0 N–H and O–H groups in total. The second kappa shape index (κ2) is 17.1. The summed E-state index contributed by atoms with van der Waals surface area (Å²) in [5.74, 6) is 0. The van der Waals surface area contributed by atoms with E-state index in [9.17, 15) is 0 Å². The van der Waals surface area contributed by atoms with Crippen molar-refractivity contribution in [1.29, 1.82) is 0 Å². The zero-order chi connectivity index (χ0) is 52.5. The quantitative estimate of drug-likeness (QED) is 0.154. The molecule has 5 aliphatic rings. The fourth-order valence-corrected chi connectivity index (χ4v) is 15.8. The summed E-state index contributed by atoms with van der Waals surface area (Å²) in [6, 6.07) is 104.